The third kappa shape index (κ3) is 2.22. The van der Waals surface area contributed by atoms with E-state index in [0.717, 1.165) is 6.42 Å². The Bertz CT molecular complexity index is 528. The smallest absolute Gasteiger partial charge is 0.0809 e. The average Bonchev–Trinajstić information content (AvgIpc) is 2.95. The molecule has 0 radical (unpaired) electrons. The fourth-order valence-electron chi connectivity index (χ4n) is 2.59. The predicted molar refractivity (Wildman–Crippen MR) is 81.1 cm³/mol. The zero-order chi connectivity index (χ0) is 12.2. The van der Waals surface area contributed by atoms with Crippen LogP contribution in [0.3, 0.4) is 0 Å². The Kier molecular flexibility index (Phi) is 3.24. The summed E-state index contributed by atoms with van der Waals surface area (Å²) in [6, 6.07) is 21.9. The van der Waals surface area contributed by atoms with E-state index in [9.17, 15) is 0 Å². The van der Waals surface area contributed by atoms with Crippen molar-refractivity contribution in [2.75, 3.05) is 0 Å². The predicted octanol–water partition coefficient (Wildman–Crippen LogP) is 2.45. The van der Waals surface area contributed by atoms with E-state index in [1.807, 2.05) is 0 Å². The molecule has 0 aromatic heterocycles. The number of hydrogen-bond donors (Lipinski definition) is 0. The number of hydrogen-bond acceptors (Lipinski definition) is 0. The lowest BCUT2D eigenvalue weighted by Gasteiger charge is -2.18. The summed E-state index contributed by atoms with van der Waals surface area (Å²) in [5.74, 6) is 0. The highest BCUT2D eigenvalue weighted by atomic mass is 28.3. The van der Waals surface area contributed by atoms with Crippen LogP contribution in [0.15, 0.2) is 84.1 Å². The molecule has 0 N–H and O–H groups in total. The van der Waals surface area contributed by atoms with E-state index in [0.29, 0.717) is 0 Å². The van der Waals surface area contributed by atoms with Gasteiger partial charge in [0, 0.05) is 0 Å². The molecule has 1 heteroatoms. The van der Waals surface area contributed by atoms with Gasteiger partial charge < -0.3 is 0 Å². The molecule has 88 valence electrons. The summed E-state index contributed by atoms with van der Waals surface area (Å²) in [5, 5.41) is 4.64. The van der Waals surface area contributed by atoms with Crippen molar-refractivity contribution in [1.29, 1.82) is 0 Å². The third-order valence-corrected chi connectivity index (χ3v) is 6.71. The third-order valence-electron chi connectivity index (χ3n) is 3.44. The van der Waals surface area contributed by atoms with Gasteiger partial charge in [0.05, 0.1) is 0 Å². The van der Waals surface area contributed by atoms with Gasteiger partial charge in [-0.05, 0) is 6.42 Å². The largest absolute Gasteiger partial charge is 0.128 e. The fourth-order valence-corrected chi connectivity index (χ4v) is 5.72. The lowest BCUT2D eigenvalue weighted by Crippen LogP contribution is -2.43. The molecule has 2 aromatic rings. The molecule has 0 aliphatic heterocycles. The van der Waals surface area contributed by atoms with Crippen molar-refractivity contribution in [3.8, 4) is 0 Å². The minimum Gasteiger partial charge on any atom is -0.0809 e. The van der Waals surface area contributed by atoms with E-state index in [-0.39, 0.29) is 0 Å². The molecular weight excluding hydrogens is 232 g/mol. The van der Waals surface area contributed by atoms with E-state index in [1.54, 1.807) is 5.20 Å². The molecule has 0 bridgehead atoms. The Hall–Kier alpha value is -1.86. The van der Waals surface area contributed by atoms with Gasteiger partial charge in [0.25, 0.3) is 0 Å². The molecule has 0 heterocycles. The molecule has 0 fully saturated rings. The Labute approximate surface area is 110 Å². The van der Waals surface area contributed by atoms with E-state index in [2.05, 4.69) is 78.9 Å². The van der Waals surface area contributed by atoms with Crippen LogP contribution in [-0.2, 0) is 0 Å². The van der Waals surface area contributed by atoms with E-state index >= 15 is 0 Å². The summed E-state index contributed by atoms with van der Waals surface area (Å²) in [7, 11) is -1.20. The van der Waals surface area contributed by atoms with Gasteiger partial charge in [0.15, 0.2) is 0 Å². The Morgan fingerprint density at radius 2 is 1.28 bits per heavy atom. The lowest BCUT2D eigenvalue weighted by atomic mass is 10.4. The minimum atomic E-state index is -1.20. The summed E-state index contributed by atoms with van der Waals surface area (Å²) in [5.41, 5.74) is 0. The summed E-state index contributed by atoms with van der Waals surface area (Å²) < 4.78 is 0. The zero-order valence-corrected chi connectivity index (χ0v) is 11.4. The van der Waals surface area contributed by atoms with E-state index in [4.69, 9.17) is 0 Å². The van der Waals surface area contributed by atoms with Crippen molar-refractivity contribution < 1.29 is 0 Å². The molecule has 0 unspecified atom stereocenters. The molecule has 1 aliphatic rings. The molecule has 2 aromatic carbocycles. The average molecular weight is 248 g/mol. The van der Waals surface area contributed by atoms with Crippen molar-refractivity contribution in [2.45, 2.75) is 6.42 Å². The molecular formula is C17H16Si. The maximum Gasteiger partial charge on any atom is 0.128 e. The second-order valence-corrected chi connectivity index (χ2v) is 7.57. The van der Waals surface area contributed by atoms with Crippen LogP contribution in [0.25, 0.3) is 0 Å². The molecule has 1 aliphatic carbocycles. The quantitative estimate of drug-likeness (QED) is 0.732. The van der Waals surface area contributed by atoms with E-state index in [1.165, 1.54) is 10.4 Å². The highest BCUT2D eigenvalue weighted by Crippen LogP contribution is 2.14. The summed E-state index contributed by atoms with van der Waals surface area (Å²) >= 11 is 0. The van der Waals surface area contributed by atoms with Crippen molar-refractivity contribution in [3.63, 3.8) is 0 Å². The van der Waals surface area contributed by atoms with Crippen LogP contribution in [0.4, 0.5) is 0 Å². The van der Waals surface area contributed by atoms with Crippen molar-refractivity contribution in [1.82, 2.24) is 0 Å². The van der Waals surface area contributed by atoms with Crippen LogP contribution < -0.4 is 10.4 Å². The van der Waals surface area contributed by atoms with Crippen LogP contribution in [0.1, 0.15) is 6.42 Å². The van der Waals surface area contributed by atoms with Crippen molar-refractivity contribution in [3.05, 3.63) is 84.1 Å². The number of allylic oxidation sites excluding steroid dienone is 4. The number of rotatable bonds is 3. The first-order chi connectivity index (χ1) is 8.95. The van der Waals surface area contributed by atoms with Crippen LogP contribution >= 0.6 is 0 Å². The standard InChI is InChI=1S/C17H16Si/c1-3-9-15(10-4-1)18(17-13-7-8-14-17)16-11-5-2-6-12-16/h1-13,18H,14H2. The normalized spacial score (nSPS) is 13.9. The van der Waals surface area contributed by atoms with Gasteiger partial charge in [-0.1, -0.05) is 94.5 Å². The molecule has 0 nitrogen and oxygen atoms in total. The molecule has 18 heavy (non-hydrogen) atoms. The summed E-state index contributed by atoms with van der Waals surface area (Å²) in [4.78, 5) is 0. The zero-order valence-electron chi connectivity index (χ0n) is 10.3. The van der Waals surface area contributed by atoms with Gasteiger partial charge >= 0.3 is 0 Å². The fraction of sp³-hybridized carbons (Fsp3) is 0.0588. The van der Waals surface area contributed by atoms with Gasteiger partial charge in [-0.2, -0.15) is 0 Å². The van der Waals surface area contributed by atoms with Gasteiger partial charge in [-0.3, -0.25) is 0 Å². The first kappa shape index (κ1) is 11.2. The highest BCUT2D eigenvalue weighted by molar-refractivity contribution is 6.91. The van der Waals surface area contributed by atoms with Crippen LogP contribution in [0.2, 0.25) is 0 Å². The monoisotopic (exact) mass is 248 g/mol. The Balaban J connectivity index is 2.05. The van der Waals surface area contributed by atoms with Crippen molar-refractivity contribution >= 4 is 19.2 Å². The highest BCUT2D eigenvalue weighted by Gasteiger charge is 2.20. The molecule has 0 atom stereocenters. The van der Waals surface area contributed by atoms with Gasteiger partial charge in [0.1, 0.15) is 8.80 Å². The van der Waals surface area contributed by atoms with Crippen LogP contribution in [-0.4, -0.2) is 8.80 Å². The second-order valence-electron chi connectivity index (χ2n) is 4.63. The molecule has 0 saturated carbocycles. The maximum absolute atomic E-state index is 2.32. The Morgan fingerprint density at radius 1 is 0.722 bits per heavy atom. The summed E-state index contributed by atoms with van der Waals surface area (Å²) in [6.07, 6.45) is 7.90. The molecule has 0 spiro atoms. The van der Waals surface area contributed by atoms with Crippen molar-refractivity contribution in [2.24, 2.45) is 0 Å². The minimum absolute atomic E-state index is 1.13. The van der Waals surface area contributed by atoms with Gasteiger partial charge in [-0.15, -0.1) is 0 Å². The van der Waals surface area contributed by atoms with Gasteiger partial charge in [-0.25, -0.2) is 0 Å². The molecule has 0 amide bonds. The topological polar surface area (TPSA) is 0 Å². The summed E-state index contributed by atoms with van der Waals surface area (Å²) in [6.45, 7) is 0. The lowest BCUT2D eigenvalue weighted by molar-refractivity contribution is 1.39. The first-order valence-corrected chi connectivity index (χ1v) is 8.14. The SMILES string of the molecule is C1=CCC([SiH](c2ccccc2)c2ccccc2)=C1. The van der Waals surface area contributed by atoms with E-state index < -0.39 is 8.80 Å². The first-order valence-electron chi connectivity index (χ1n) is 6.40. The van der Waals surface area contributed by atoms with Crippen LogP contribution in [0, 0.1) is 0 Å². The second kappa shape index (κ2) is 5.19. The maximum atomic E-state index is 2.32. The molecule has 3 rings (SSSR count). The van der Waals surface area contributed by atoms with Crippen LogP contribution in [0.5, 0.6) is 0 Å². The Morgan fingerprint density at radius 3 is 1.72 bits per heavy atom. The molecule has 0 saturated heterocycles. The van der Waals surface area contributed by atoms with Gasteiger partial charge in [0.2, 0.25) is 0 Å². The number of benzene rings is 2.